The van der Waals surface area contributed by atoms with Gasteiger partial charge in [-0.15, -0.1) is 0 Å². The molecular weight excluding hydrogens is 264 g/mol. The number of rotatable bonds is 3. The summed E-state index contributed by atoms with van der Waals surface area (Å²) < 4.78 is 5.50. The van der Waals surface area contributed by atoms with Crippen LogP contribution in [0.3, 0.4) is 0 Å². The van der Waals surface area contributed by atoms with Crippen LogP contribution in [0.1, 0.15) is 54.6 Å². The summed E-state index contributed by atoms with van der Waals surface area (Å²) in [4.78, 5) is 12.4. The molecule has 0 aliphatic heterocycles. The van der Waals surface area contributed by atoms with Gasteiger partial charge in [0.25, 0.3) is 0 Å². The number of aromatic hydroxyl groups is 1. The molecule has 1 aliphatic rings. The molecule has 3 nitrogen and oxygen atoms in total. The third-order valence-corrected chi connectivity index (χ3v) is 4.35. The molecule has 3 heteroatoms. The van der Waals surface area contributed by atoms with Gasteiger partial charge < -0.3 is 9.52 Å². The predicted octanol–water partition coefficient (Wildman–Crippen LogP) is 3.77. The molecule has 0 saturated carbocycles. The van der Waals surface area contributed by atoms with E-state index in [-0.39, 0.29) is 17.3 Å². The number of aryl methyl sites for hydroxylation is 1. The van der Waals surface area contributed by atoms with Gasteiger partial charge in [0, 0.05) is 17.9 Å². The van der Waals surface area contributed by atoms with Gasteiger partial charge in [0.2, 0.25) is 0 Å². The van der Waals surface area contributed by atoms with Crippen LogP contribution in [0, 0.1) is 0 Å². The molecule has 1 N–H and O–H groups in total. The minimum Gasteiger partial charge on any atom is -0.507 e. The summed E-state index contributed by atoms with van der Waals surface area (Å²) in [6.45, 7) is 2.02. The molecule has 3 rings (SSSR count). The Balaban J connectivity index is 2.15. The molecule has 0 saturated heterocycles. The molecule has 1 aromatic heterocycles. The quantitative estimate of drug-likeness (QED) is 0.933. The lowest BCUT2D eigenvalue weighted by Crippen LogP contribution is -2.18. The zero-order valence-corrected chi connectivity index (χ0v) is 12.3. The highest BCUT2D eigenvalue weighted by molar-refractivity contribution is 5.46. The molecule has 1 atom stereocenters. The maximum Gasteiger partial charge on any atom is 0.343 e. The Labute approximate surface area is 124 Å². The van der Waals surface area contributed by atoms with Crippen LogP contribution in [0.4, 0.5) is 0 Å². The number of hydrogen-bond donors (Lipinski definition) is 1. The van der Waals surface area contributed by atoms with E-state index in [2.05, 4.69) is 0 Å². The molecule has 0 fully saturated rings. The number of fused-ring (bicyclic) bond motifs is 1. The maximum absolute atomic E-state index is 12.4. The van der Waals surface area contributed by atoms with Crippen LogP contribution in [0.5, 0.6) is 5.75 Å². The van der Waals surface area contributed by atoms with Crippen molar-refractivity contribution in [3.8, 4) is 5.75 Å². The Morgan fingerprint density at radius 1 is 1.19 bits per heavy atom. The van der Waals surface area contributed by atoms with E-state index in [0.29, 0.717) is 11.3 Å². The molecule has 0 amide bonds. The number of benzene rings is 1. The average Bonchev–Trinajstić information content (AvgIpc) is 2.52. The zero-order chi connectivity index (χ0) is 14.8. The summed E-state index contributed by atoms with van der Waals surface area (Å²) in [7, 11) is 0. The molecule has 0 spiro atoms. The Morgan fingerprint density at radius 3 is 2.62 bits per heavy atom. The molecule has 1 aromatic carbocycles. The van der Waals surface area contributed by atoms with Gasteiger partial charge in [0.1, 0.15) is 11.5 Å². The second-order valence-corrected chi connectivity index (χ2v) is 5.63. The summed E-state index contributed by atoms with van der Waals surface area (Å²) >= 11 is 0. The van der Waals surface area contributed by atoms with Crippen LogP contribution in [0.25, 0.3) is 0 Å². The van der Waals surface area contributed by atoms with Crippen LogP contribution in [-0.2, 0) is 12.8 Å². The first-order chi connectivity index (χ1) is 10.2. The molecule has 2 aromatic rings. The molecule has 110 valence electrons. The normalized spacial score (nSPS) is 15.5. The maximum atomic E-state index is 12.4. The number of hydrogen-bond acceptors (Lipinski definition) is 3. The minimum atomic E-state index is -0.385. The lowest BCUT2D eigenvalue weighted by Gasteiger charge is -2.21. The molecule has 1 heterocycles. The van der Waals surface area contributed by atoms with E-state index in [0.717, 1.165) is 43.2 Å². The fourth-order valence-electron chi connectivity index (χ4n) is 3.27. The van der Waals surface area contributed by atoms with Crippen molar-refractivity contribution in [3.63, 3.8) is 0 Å². The lowest BCUT2D eigenvalue weighted by molar-refractivity contribution is 0.379. The van der Waals surface area contributed by atoms with Gasteiger partial charge >= 0.3 is 5.63 Å². The zero-order valence-electron chi connectivity index (χ0n) is 12.3. The largest absolute Gasteiger partial charge is 0.507 e. The Kier molecular flexibility index (Phi) is 3.82. The average molecular weight is 284 g/mol. The monoisotopic (exact) mass is 284 g/mol. The van der Waals surface area contributed by atoms with E-state index < -0.39 is 0 Å². The van der Waals surface area contributed by atoms with Crippen molar-refractivity contribution >= 4 is 0 Å². The van der Waals surface area contributed by atoms with Crippen LogP contribution in [0.15, 0.2) is 39.5 Å². The second kappa shape index (κ2) is 5.76. The molecule has 0 unspecified atom stereocenters. The van der Waals surface area contributed by atoms with E-state index in [1.54, 1.807) is 0 Å². The van der Waals surface area contributed by atoms with E-state index in [1.807, 2.05) is 37.3 Å². The third kappa shape index (κ3) is 2.48. The highest BCUT2D eigenvalue weighted by atomic mass is 16.4. The topological polar surface area (TPSA) is 50.4 Å². The molecule has 0 radical (unpaired) electrons. The Hall–Kier alpha value is -2.03. The van der Waals surface area contributed by atoms with Crippen molar-refractivity contribution < 1.29 is 9.52 Å². The summed E-state index contributed by atoms with van der Waals surface area (Å²) in [6.07, 6.45) is 4.35. The smallest absolute Gasteiger partial charge is 0.343 e. The highest BCUT2D eigenvalue weighted by Crippen LogP contribution is 2.37. The van der Waals surface area contributed by atoms with Gasteiger partial charge in [-0.2, -0.15) is 0 Å². The second-order valence-electron chi connectivity index (χ2n) is 5.63. The fraction of sp³-hybridized carbons (Fsp3) is 0.389. The Morgan fingerprint density at radius 2 is 1.90 bits per heavy atom. The summed E-state index contributed by atoms with van der Waals surface area (Å²) in [5.74, 6) is 0.724. The standard InChI is InChI=1S/C18H20O3/c1-2-13(12-8-4-3-5-9-12)16-17(19)14-10-6-7-11-15(14)21-18(16)20/h3-5,8-9,13,19H,2,6-7,10-11H2,1H3/t13-/m0/s1. The van der Waals surface area contributed by atoms with Gasteiger partial charge in [-0.1, -0.05) is 37.3 Å². The van der Waals surface area contributed by atoms with Gasteiger partial charge in [0.15, 0.2) is 0 Å². The van der Waals surface area contributed by atoms with Crippen molar-refractivity contribution in [1.29, 1.82) is 0 Å². The first kappa shape index (κ1) is 13.9. The summed E-state index contributed by atoms with van der Waals surface area (Å²) in [5, 5.41) is 10.6. The van der Waals surface area contributed by atoms with Crippen molar-refractivity contribution in [2.24, 2.45) is 0 Å². The Bertz CT molecular complexity index is 686. The van der Waals surface area contributed by atoms with E-state index in [1.165, 1.54) is 0 Å². The van der Waals surface area contributed by atoms with Crippen LogP contribution in [-0.4, -0.2) is 5.11 Å². The molecule has 21 heavy (non-hydrogen) atoms. The van der Waals surface area contributed by atoms with Crippen LogP contribution < -0.4 is 5.63 Å². The van der Waals surface area contributed by atoms with Gasteiger partial charge in [-0.25, -0.2) is 4.79 Å². The first-order valence-corrected chi connectivity index (χ1v) is 7.65. The minimum absolute atomic E-state index is 0.116. The fourth-order valence-corrected chi connectivity index (χ4v) is 3.27. The van der Waals surface area contributed by atoms with Crippen molar-refractivity contribution in [1.82, 2.24) is 0 Å². The van der Waals surface area contributed by atoms with E-state index in [9.17, 15) is 9.90 Å². The lowest BCUT2D eigenvalue weighted by atomic mass is 9.86. The van der Waals surface area contributed by atoms with Gasteiger partial charge in [-0.05, 0) is 31.2 Å². The SMILES string of the molecule is CC[C@@H](c1ccccc1)c1c(O)c2c(oc1=O)CCCC2. The predicted molar refractivity (Wildman–Crippen MR) is 81.9 cm³/mol. The molecule has 0 bridgehead atoms. The van der Waals surface area contributed by atoms with Crippen LogP contribution >= 0.6 is 0 Å². The first-order valence-electron chi connectivity index (χ1n) is 7.65. The summed E-state index contributed by atoms with van der Waals surface area (Å²) in [6, 6.07) is 9.84. The molecule has 1 aliphatic carbocycles. The van der Waals surface area contributed by atoms with Crippen molar-refractivity contribution in [2.75, 3.05) is 0 Å². The van der Waals surface area contributed by atoms with Crippen molar-refractivity contribution in [2.45, 2.75) is 44.9 Å². The highest BCUT2D eigenvalue weighted by Gasteiger charge is 2.26. The van der Waals surface area contributed by atoms with Gasteiger partial charge in [-0.3, -0.25) is 0 Å². The summed E-state index contributed by atoms with van der Waals surface area (Å²) in [5.41, 5.74) is 1.91. The van der Waals surface area contributed by atoms with E-state index in [4.69, 9.17) is 4.42 Å². The van der Waals surface area contributed by atoms with Crippen LogP contribution in [0.2, 0.25) is 0 Å². The third-order valence-electron chi connectivity index (χ3n) is 4.35. The van der Waals surface area contributed by atoms with E-state index >= 15 is 0 Å². The molecular formula is C18H20O3. The van der Waals surface area contributed by atoms with Crippen molar-refractivity contribution in [3.05, 3.63) is 63.2 Å². The van der Waals surface area contributed by atoms with Gasteiger partial charge in [0.05, 0.1) is 5.56 Å².